The fourth-order valence-electron chi connectivity index (χ4n) is 2.67. The molecule has 3 rings (SSSR count). The highest BCUT2D eigenvalue weighted by atomic mass is 32.1. The lowest BCUT2D eigenvalue weighted by Crippen LogP contribution is -2.12. The Bertz CT molecular complexity index is 388. The molecule has 1 heterocycles. The van der Waals surface area contributed by atoms with Gasteiger partial charge in [0.2, 0.25) is 0 Å². The van der Waals surface area contributed by atoms with Crippen LogP contribution in [0.2, 0.25) is 0 Å². The molecular formula is C14H20S. The fourth-order valence-corrected chi connectivity index (χ4v) is 3.91. The summed E-state index contributed by atoms with van der Waals surface area (Å²) in [5.74, 6) is 0. The zero-order valence-electron chi connectivity index (χ0n) is 10.0. The zero-order valence-corrected chi connectivity index (χ0v) is 10.8. The van der Waals surface area contributed by atoms with Gasteiger partial charge in [0.05, 0.1) is 0 Å². The molecule has 0 saturated heterocycles. The van der Waals surface area contributed by atoms with E-state index in [-0.39, 0.29) is 0 Å². The molecule has 1 fully saturated rings. The predicted octanol–water partition coefficient (Wildman–Crippen LogP) is 4.31. The van der Waals surface area contributed by atoms with E-state index in [0.29, 0.717) is 5.41 Å². The molecule has 1 heteroatoms. The first-order chi connectivity index (χ1) is 6.99. The van der Waals surface area contributed by atoms with Gasteiger partial charge in [-0.3, -0.25) is 0 Å². The number of hydrogen-bond donors (Lipinski definition) is 0. The first-order valence-corrected chi connectivity index (χ1v) is 6.92. The van der Waals surface area contributed by atoms with Gasteiger partial charge in [-0.1, -0.05) is 20.8 Å². The van der Waals surface area contributed by atoms with E-state index in [1.807, 2.05) is 0 Å². The molecule has 0 unspecified atom stereocenters. The molecule has 0 aromatic carbocycles. The van der Waals surface area contributed by atoms with Crippen molar-refractivity contribution in [3.8, 4) is 0 Å². The summed E-state index contributed by atoms with van der Waals surface area (Å²) in [5.41, 5.74) is 2.80. The fraction of sp³-hybridized carbons (Fsp3) is 0.714. The molecular weight excluding hydrogens is 200 g/mol. The van der Waals surface area contributed by atoms with Crippen LogP contribution in [0, 0.1) is 5.41 Å². The van der Waals surface area contributed by atoms with Crippen molar-refractivity contribution in [3.05, 3.63) is 21.4 Å². The first-order valence-electron chi connectivity index (χ1n) is 6.11. The topological polar surface area (TPSA) is 0 Å². The number of aryl methyl sites for hydroxylation is 1. The van der Waals surface area contributed by atoms with Crippen LogP contribution in [0.25, 0.3) is 0 Å². The Kier molecular flexibility index (Phi) is 1.90. The monoisotopic (exact) mass is 220 g/mol. The van der Waals surface area contributed by atoms with Crippen LogP contribution < -0.4 is 0 Å². The molecule has 0 atom stereocenters. The quantitative estimate of drug-likeness (QED) is 0.611. The summed E-state index contributed by atoms with van der Waals surface area (Å²) in [6, 6.07) is 2.50. The third-order valence-corrected chi connectivity index (χ3v) is 5.70. The molecule has 0 nitrogen and oxygen atoms in total. The van der Waals surface area contributed by atoms with Gasteiger partial charge in [0.1, 0.15) is 0 Å². The number of thiophene rings is 1. The second kappa shape index (κ2) is 2.88. The van der Waals surface area contributed by atoms with Gasteiger partial charge in [-0.05, 0) is 54.6 Å². The van der Waals surface area contributed by atoms with Gasteiger partial charge in [0.25, 0.3) is 0 Å². The summed E-state index contributed by atoms with van der Waals surface area (Å²) < 4.78 is 0. The minimum atomic E-state index is 0.346. The molecule has 1 spiro atoms. The summed E-state index contributed by atoms with van der Waals surface area (Å²) in [4.78, 5) is 3.28. The summed E-state index contributed by atoms with van der Waals surface area (Å²) in [6.45, 7) is 6.99. The maximum atomic E-state index is 2.50. The Morgan fingerprint density at radius 1 is 1.20 bits per heavy atom. The molecule has 82 valence electrons. The summed E-state index contributed by atoms with van der Waals surface area (Å²) in [7, 11) is 0. The molecule has 15 heavy (non-hydrogen) atoms. The van der Waals surface area contributed by atoms with Crippen LogP contribution >= 0.6 is 11.3 Å². The van der Waals surface area contributed by atoms with Gasteiger partial charge in [-0.25, -0.2) is 0 Å². The van der Waals surface area contributed by atoms with E-state index in [9.17, 15) is 0 Å². The van der Waals surface area contributed by atoms with Gasteiger partial charge < -0.3 is 0 Å². The van der Waals surface area contributed by atoms with Crippen molar-refractivity contribution in [3.63, 3.8) is 0 Å². The molecule has 2 aliphatic carbocycles. The Morgan fingerprint density at radius 3 is 2.53 bits per heavy atom. The van der Waals surface area contributed by atoms with Crippen molar-refractivity contribution in [2.24, 2.45) is 5.41 Å². The van der Waals surface area contributed by atoms with E-state index < -0.39 is 0 Å². The van der Waals surface area contributed by atoms with Crippen molar-refractivity contribution >= 4 is 11.3 Å². The highest BCUT2D eigenvalue weighted by Gasteiger charge is 2.45. The summed E-state index contributed by atoms with van der Waals surface area (Å²) in [5, 5.41) is 0. The van der Waals surface area contributed by atoms with Crippen molar-refractivity contribution < 1.29 is 0 Å². The largest absolute Gasteiger partial charge is 0.145 e. The van der Waals surface area contributed by atoms with Gasteiger partial charge in [0, 0.05) is 9.75 Å². The molecule has 0 aliphatic heterocycles. The van der Waals surface area contributed by atoms with Gasteiger partial charge in [-0.2, -0.15) is 0 Å². The number of hydrogen-bond acceptors (Lipinski definition) is 1. The Hall–Kier alpha value is -0.300. The summed E-state index contributed by atoms with van der Waals surface area (Å²) in [6.07, 6.45) is 7.19. The van der Waals surface area contributed by atoms with Gasteiger partial charge in [0.15, 0.2) is 0 Å². The maximum absolute atomic E-state index is 2.50. The van der Waals surface area contributed by atoms with Crippen molar-refractivity contribution in [2.75, 3.05) is 0 Å². The van der Waals surface area contributed by atoms with E-state index in [4.69, 9.17) is 0 Å². The molecule has 0 radical (unpaired) electrons. The minimum Gasteiger partial charge on any atom is -0.145 e. The van der Waals surface area contributed by atoms with E-state index in [0.717, 1.165) is 5.41 Å². The second-order valence-corrected chi connectivity index (χ2v) is 7.62. The maximum Gasteiger partial charge on any atom is 0.0105 e. The Morgan fingerprint density at radius 2 is 1.93 bits per heavy atom. The van der Waals surface area contributed by atoms with Crippen molar-refractivity contribution in [2.45, 2.75) is 58.3 Å². The van der Waals surface area contributed by atoms with E-state index >= 15 is 0 Å². The van der Waals surface area contributed by atoms with Gasteiger partial charge >= 0.3 is 0 Å². The van der Waals surface area contributed by atoms with Crippen LogP contribution in [0.15, 0.2) is 6.07 Å². The Labute approximate surface area is 96.7 Å². The first kappa shape index (κ1) is 9.89. The Balaban J connectivity index is 1.95. The van der Waals surface area contributed by atoms with Crippen LogP contribution in [0.3, 0.4) is 0 Å². The van der Waals surface area contributed by atoms with Crippen molar-refractivity contribution in [1.82, 2.24) is 0 Å². The zero-order chi connectivity index (χ0) is 10.7. The number of rotatable bonds is 0. The SMILES string of the molecule is CC(C)(C)c1cc2c(s1)CCC1(CC1)C2. The molecule has 1 saturated carbocycles. The average Bonchev–Trinajstić information content (AvgIpc) is 2.75. The smallest absolute Gasteiger partial charge is 0.0105 e. The third kappa shape index (κ3) is 1.65. The lowest BCUT2D eigenvalue weighted by atomic mass is 9.84. The number of fused-ring (bicyclic) bond motifs is 1. The van der Waals surface area contributed by atoms with E-state index in [2.05, 4.69) is 38.2 Å². The minimum absolute atomic E-state index is 0.346. The van der Waals surface area contributed by atoms with Crippen LogP contribution in [0.5, 0.6) is 0 Å². The highest BCUT2D eigenvalue weighted by molar-refractivity contribution is 7.12. The van der Waals surface area contributed by atoms with Crippen LogP contribution in [-0.2, 0) is 18.3 Å². The van der Waals surface area contributed by atoms with Crippen molar-refractivity contribution in [1.29, 1.82) is 0 Å². The normalized spacial score (nSPS) is 22.9. The molecule has 1 aromatic heterocycles. The van der Waals surface area contributed by atoms with Crippen LogP contribution in [0.1, 0.15) is 55.4 Å². The molecule has 2 aliphatic rings. The molecule has 0 amide bonds. The van der Waals surface area contributed by atoms with Gasteiger partial charge in [-0.15, -0.1) is 11.3 Å². The predicted molar refractivity (Wildman–Crippen MR) is 66.7 cm³/mol. The highest BCUT2D eigenvalue weighted by Crippen LogP contribution is 2.56. The average molecular weight is 220 g/mol. The van der Waals surface area contributed by atoms with Crippen LogP contribution in [-0.4, -0.2) is 0 Å². The third-order valence-electron chi connectivity index (χ3n) is 4.04. The van der Waals surface area contributed by atoms with Crippen LogP contribution in [0.4, 0.5) is 0 Å². The lowest BCUT2D eigenvalue weighted by Gasteiger charge is -2.20. The van der Waals surface area contributed by atoms with E-state index in [1.54, 1.807) is 15.3 Å². The second-order valence-electron chi connectivity index (χ2n) is 6.49. The van der Waals surface area contributed by atoms with E-state index in [1.165, 1.54) is 32.1 Å². The summed E-state index contributed by atoms with van der Waals surface area (Å²) >= 11 is 2.07. The molecule has 1 aromatic rings. The standard InChI is InChI=1S/C14H20S/c1-13(2,3)12-8-10-9-14(6-7-14)5-4-11(10)15-12/h8H,4-7,9H2,1-3H3. The lowest BCUT2D eigenvalue weighted by molar-refractivity contribution is 0.442. The molecule has 0 bridgehead atoms. The molecule has 0 N–H and O–H groups in total.